The van der Waals surface area contributed by atoms with Crippen molar-refractivity contribution in [2.75, 3.05) is 7.11 Å². The van der Waals surface area contributed by atoms with E-state index in [1.165, 1.54) is 6.42 Å². The van der Waals surface area contributed by atoms with Crippen LogP contribution in [0.3, 0.4) is 0 Å². The molecule has 104 valence electrons. The molecule has 2 rings (SSSR count). The van der Waals surface area contributed by atoms with E-state index < -0.39 is 0 Å². The predicted octanol–water partition coefficient (Wildman–Crippen LogP) is 3.71. The molecule has 0 spiro atoms. The first-order valence-electron chi connectivity index (χ1n) is 6.92. The Labute approximate surface area is 114 Å². The van der Waals surface area contributed by atoms with Gasteiger partial charge < -0.3 is 9.47 Å². The van der Waals surface area contributed by atoms with Crippen molar-refractivity contribution in [2.45, 2.75) is 39.2 Å². The van der Waals surface area contributed by atoms with Crippen LogP contribution < -0.4 is 9.47 Å². The van der Waals surface area contributed by atoms with Crippen molar-refractivity contribution < 1.29 is 14.3 Å². The van der Waals surface area contributed by atoms with Gasteiger partial charge in [0.25, 0.3) is 0 Å². The summed E-state index contributed by atoms with van der Waals surface area (Å²) >= 11 is 0. The highest BCUT2D eigenvalue weighted by Gasteiger charge is 2.25. The summed E-state index contributed by atoms with van der Waals surface area (Å²) in [7, 11) is 1.62. The van der Waals surface area contributed by atoms with E-state index in [2.05, 4.69) is 13.8 Å². The van der Waals surface area contributed by atoms with Gasteiger partial charge in [0.05, 0.1) is 18.8 Å². The van der Waals surface area contributed by atoms with Crippen molar-refractivity contribution in [1.29, 1.82) is 0 Å². The monoisotopic (exact) mass is 262 g/mol. The number of rotatable bonds is 4. The van der Waals surface area contributed by atoms with Gasteiger partial charge in [0, 0.05) is 6.07 Å². The first-order valence-corrected chi connectivity index (χ1v) is 6.92. The van der Waals surface area contributed by atoms with Crippen LogP contribution >= 0.6 is 0 Å². The maximum absolute atomic E-state index is 11.1. The molecule has 2 atom stereocenters. The highest BCUT2D eigenvalue weighted by Crippen LogP contribution is 2.33. The SMILES string of the molecule is COc1ccc(C=O)c(OC2CC(C)CC(C)C2)c1. The average molecular weight is 262 g/mol. The van der Waals surface area contributed by atoms with Gasteiger partial charge in [-0.25, -0.2) is 0 Å². The number of carbonyl (C=O) groups is 1. The Hall–Kier alpha value is -1.51. The number of carbonyl (C=O) groups excluding carboxylic acids is 1. The molecular formula is C16H22O3. The summed E-state index contributed by atoms with van der Waals surface area (Å²) in [4.78, 5) is 11.1. The molecule has 19 heavy (non-hydrogen) atoms. The van der Waals surface area contributed by atoms with Crippen molar-refractivity contribution in [2.24, 2.45) is 11.8 Å². The van der Waals surface area contributed by atoms with Crippen LogP contribution in [-0.4, -0.2) is 19.5 Å². The zero-order chi connectivity index (χ0) is 13.8. The zero-order valence-corrected chi connectivity index (χ0v) is 11.9. The van der Waals surface area contributed by atoms with Crippen LogP contribution in [0.15, 0.2) is 18.2 Å². The van der Waals surface area contributed by atoms with Crippen molar-refractivity contribution in [1.82, 2.24) is 0 Å². The van der Waals surface area contributed by atoms with Crippen molar-refractivity contribution in [3.63, 3.8) is 0 Å². The van der Waals surface area contributed by atoms with E-state index in [0.29, 0.717) is 23.1 Å². The number of hydrogen-bond donors (Lipinski definition) is 0. The molecule has 0 bridgehead atoms. The first-order chi connectivity index (χ1) is 9.12. The lowest BCUT2D eigenvalue weighted by Gasteiger charge is -2.32. The van der Waals surface area contributed by atoms with E-state index in [1.807, 2.05) is 0 Å². The van der Waals surface area contributed by atoms with Gasteiger partial charge in [-0.2, -0.15) is 0 Å². The quantitative estimate of drug-likeness (QED) is 0.776. The first kappa shape index (κ1) is 13.9. The van der Waals surface area contributed by atoms with E-state index in [-0.39, 0.29) is 6.10 Å². The smallest absolute Gasteiger partial charge is 0.153 e. The van der Waals surface area contributed by atoms with E-state index in [9.17, 15) is 4.79 Å². The zero-order valence-electron chi connectivity index (χ0n) is 11.9. The fourth-order valence-electron chi connectivity index (χ4n) is 2.99. The van der Waals surface area contributed by atoms with Crippen LogP contribution in [0, 0.1) is 11.8 Å². The van der Waals surface area contributed by atoms with Crippen LogP contribution in [0.1, 0.15) is 43.5 Å². The molecule has 0 saturated heterocycles. The molecule has 3 nitrogen and oxygen atoms in total. The van der Waals surface area contributed by atoms with Crippen LogP contribution in [0.2, 0.25) is 0 Å². The predicted molar refractivity (Wildman–Crippen MR) is 75.0 cm³/mol. The Morgan fingerprint density at radius 1 is 1.16 bits per heavy atom. The Bertz CT molecular complexity index is 432. The van der Waals surface area contributed by atoms with Crippen LogP contribution in [-0.2, 0) is 0 Å². The molecule has 2 unspecified atom stereocenters. The van der Waals surface area contributed by atoms with Crippen LogP contribution in [0.25, 0.3) is 0 Å². The largest absolute Gasteiger partial charge is 0.497 e. The summed E-state index contributed by atoms with van der Waals surface area (Å²) in [6, 6.07) is 5.33. The van der Waals surface area contributed by atoms with Gasteiger partial charge in [-0.05, 0) is 43.2 Å². The summed E-state index contributed by atoms with van der Waals surface area (Å²) in [6.07, 6.45) is 4.41. The third kappa shape index (κ3) is 3.49. The Morgan fingerprint density at radius 2 is 1.84 bits per heavy atom. The summed E-state index contributed by atoms with van der Waals surface area (Å²) < 4.78 is 11.2. The molecular weight excluding hydrogens is 240 g/mol. The Kier molecular flexibility index (Phi) is 4.46. The van der Waals surface area contributed by atoms with Crippen molar-refractivity contribution >= 4 is 6.29 Å². The normalized spacial score (nSPS) is 26.8. The van der Waals surface area contributed by atoms with Crippen molar-refractivity contribution in [3.8, 4) is 11.5 Å². The van der Waals surface area contributed by atoms with E-state index in [1.54, 1.807) is 25.3 Å². The Balaban J connectivity index is 2.15. The number of aldehydes is 1. The molecule has 1 aromatic carbocycles. The molecule has 1 aliphatic rings. The minimum Gasteiger partial charge on any atom is -0.497 e. The summed E-state index contributed by atoms with van der Waals surface area (Å²) in [6.45, 7) is 4.52. The van der Waals surface area contributed by atoms with Crippen LogP contribution in [0.5, 0.6) is 11.5 Å². The average Bonchev–Trinajstić information content (AvgIpc) is 2.37. The summed E-state index contributed by atoms with van der Waals surface area (Å²) in [5.74, 6) is 2.72. The highest BCUT2D eigenvalue weighted by atomic mass is 16.5. The van der Waals surface area contributed by atoms with Gasteiger partial charge in [-0.15, -0.1) is 0 Å². The number of ether oxygens (including phenoxy) is 2. The lowest BCUT2D eigenvalue weighted by molar-refractivity contribution is 0.0978. The van der Waals surface area contributed by atoms with Crippen molar-refractivity contribution in [3.05, 3.63) is 23.8 Å². The molecule has 0 aromatic heterocycles. The molecule has 0 radical (unpaired) electrons. The third-order valence-electron chi connectivity index (χ3n) is 3.78. The van der Waals surface area contributed by atoms with E-state index in [4.69, 9.17) is 9.47 Å². The van der Waals surface area contributed by atoms with E-state index >= 15 is 0 Å². The van der Waals surface area contributed by atoms with Gasteiger partial charge >= 0.3 is 0 Å². The molecule has 0 amide bonds. The Morgan fingerprint density at radius 3 is 2.42 bits per heavy atom. The maximum atomic E-state index is 11.1. The lowest BCUT2D eigenvalue weighted by Crippen LogP contribution is -2.28. The topological polar surface area (TPSA) is 35.5 Å². The second-order valence-corrected chi connectivity index (χ2v) is 5.68. The standard InChI is InChI=1S/C16H22O3/c1-11-6-12(2)8-15(7-11)19-16-9-14(18-3)5-4-13(16)10-17/h4-5,9-12,15H,6-8H2,1-3H3. The molecule has 3 heteroatoms. The molecule has 0 N–H and O–H groups in total. The van der Waals surface area contributed by atoms with Gasteiger partial charge in [0.2, 0.25) is 0 Å². The summed E-state index contributed by atoms with van der Waals surface area (Å²) in [5.41, 5.74) is 0.590. The fraction of sp³-hybridized carbons (Fsp3) is 0.562. The second kappa shape index (κ2) is 6.09. The minimum atomic E-state index is 0.199. The van der Waals surface area contributed by atoms with Gasteiger partial charge in [-0.1, -0.05) is 13.8 Å². The minimum absolute atomic E-state index is 0.199. The molecule has 1 aromatic rings. The van der Waals surface area contributed by atoms with Gasteiger partial charge in [0.1, 0.15) is 11.5 Å². The fourth-order valence-corrected chi connectivity index (χ4v) is 2.99. The molecule has 1 aliphatic carbocycles. The lowest BCUT2D eigenvalue weighted by atomic mass is 9.82. The molecule has 1 saturated carbocycles. The molecule has 1 fully saturated rings. The maximum Gasteiger partial charge on any atom is 0.153 e. The second-order valence-electron chi connectivity index (χ2n) is 5.68. The van der Waals surface area contributed by atoms with E-state index in [0.717, 1.165) is 24.9 Å². The summed E-state index contributed by atoms with van der Waals surface area (Å²) in [5, 5.41) is 0. The third-order valence-corrected chi connectivity index (χ3v) is 3.78. The number of benzene rings is 1. The van der Waals surface area contributed by atoms with Crippen LogP contribution in [0.4, 0.5) is 0 Å². The van der Waals surface area contributed by atoms with Gasteiger partial charge in [-0.3, -0.25) is 4.79 Å². The molecule has 0 heterocycles. The highest BCUT2D eigenvalue weighted by molar-refractivity contribution is 5.79. The number of methoxy groups -OCH3 is 1. The molecule has 0 aliphatic heterocycles. The van der Waals surface area contributed by atoms with Gasteiger partial charge in [0.15, 0.2) is 6.29 Å². The number of hydrogen-bond acceptors (Lipinski definition) is 3.